The molecule has 0 saturated heterocycles. The zero-order valence-corrected chi connectivity index (χ0v) is 10.4. The van der Waals surface area contributed by atoms with Crippen LogP contribution in [-0.4, -0.2) is 11.3 Å². The highest BCUT2D eigenvalue weighted by molar-refractivity contribution is 7.80. The van der Waals surface area contributed by atoms with Gasteiger partial charge in [-0.3, -0.25) is 5.43 Å². The lowest BCUT2D eigenvalue weighted by molar-refractivity contribution is 0.968. The molecule has 4 heteroatoms. The van der Waals surface area contributed by atoms with Gasteiger partial charge in [0.05, 0.1) is 0 Å². The first-order valence-electron chi connectivity index (χ1n) is 4.90. The minimum atomic E-state index is 0.182. The second-order valence-corrected chi connectivity index (χ2v) is 4.03. The van der Waals surface area contributed by atoms with Crippen molar-refractivity contribution in [3.05, 3.63) is 23.3 Å². The first-order valence-corrected chi connectivity index (χ1v) is 5.31. The number of nitrogens with zero attached hydrogens (tertiary/aromatic N) is 1. The summed E-state index contributed by atoms with van der Waals surface area (Å²) in [4.78, 5) is 0. The van der Waals surface area contributed by atoms with Gasteiger partial charge in [-0.15, -0.1) is 0 Å². The van der Waals surface area contributed by atoms with E-state index in [4.69, 9.17) is 5.73 Å². The Bertz CT molecular complexity index is 286. The van der Waals surface area contributed by atoms with Gasteiger partial charge in [-0.1, -0.05) is 17.2 Å². The van der Waals surface area contributed by atoms with Crippen LogP contribution in [0, 0.1) is 0 Å². The van der Waals surface area contributed by atoms with E-state index in [0.29, 0.717) is 0 Å². The van der Waals surface area contributed by atoms with Crippen LogP contribution in [0.15, 0.2) is 28.4 Å². The summed E-state index contributed by atoms with van der Waals surface area (Å²) in [5.74, 6) is 0. The van der Waals surface area contributed by atoms with E-state index in [9.17, 15) is 0 Å². The lowest BCUT2D eigenvalue weighted by Crippen LogP contribution is -2.23. The third kappa shape index (κ3) is 10.8. The number of allylic oxidation sites excluding steroid dienone is 4. The Balaban J connectivity index is 3.84. The summed E-state index contributed by atoms with van der Waals surface area (Å²) >= 11 is 4.60. The molecule has 0 saturated carbocycles. The smallest absolute Gasteiger partial charge is 0.184 e. The molecule has 0 atom stereocenters. The Labute approximate surface area is 97.1 Å². The second kappa shape index (κ2) is 8.17. The Kier molecular flexibility index (Phi) is 7.54. The van der Waals surface area contributed by atoms with Crippen LogP contribution in [-0.2, 0) is 0 Å². The van der Waals surface area contributed by atoms with Crippen molar-refractivity contribution < 1.29 is 0 Å². The summed E-state index contributed by atoms with van der Waals surface area (Å²) in [6.45, 7) is 6.28. The molecule has 0 radical (unpaired) electrons. The Hall–Kier alpha value is -1.16. The van der Waals surface area contributed by atoms with Crippen molar-refractivity contribution in [2.24, 2.45) is 10.8 Å². The van der Waals surface area contributed by atoms with Crippen LogP contribution < -0.4 is 11.2 Å². The molecule has 0 amide bonds. The summed E-state index contributed by atoms with van der Waals surface area (Å²) in [6.07, 6.45) is 7.95. The van der Waals surface area contributed by atoms with Crippen molar-refractivity contribution in [3.63, 3.8) is 0 Å². The summed E-state index contributed by atoms with van der Waals surface area (Å²) in [5, 5.41) is 4.00. The molecule has 0 aromatic carbocycles. The number of hydrogen-bond donors (Lipinski definition) is 2. The zero-order valence-electron chi connectivity index (χ0n) is 9.58. The number of hydrogen-bond acceptors (Lipinski definition) is 2. The molecule has 84 valence electrons. The quantitative estimate of drug-likeness (QED) is 0.327. The molecule has 0 spiro atoms. The van der Waals surface area contributed by atoms with Crippen molar-refractivity contribution >= 4 is 23.5 Å². The summed E-state index contributed by atoms with van der Waals surface area (Å²) in [5.41, 5.74) is 10.3. The average Bonchev–Trinajstić information content (AvgIpc) is 2.11. The molecule has 0 aliphatic carbocycles. The number of rotatable bonds is 5. The molecule has 0 aliphatic heterocycles. The highest BCUT2D eigenvalue weighted by Gasteiger charge is 1.87. The normalized spacial score (nSPS) is 11.5. The van der Waals surface area contributed by atoms with Gasteiger partial charge in [0.1, 0.15) is 0 Å². The topological polar surface area (TPSA) is 50.4 Å². The fraction of sp³-hybridized carbons (Fsp3) is 0.455. The van der Waals surface area contributed by atoms with E-state index in [2.05, 4.69) is 49.6 Å². The van der Waals surface area contributed by atoms with Gasteiger partial charge < -0.3 is 5.73 Å². The SMILES string of the molecule is CC(C)=CCC/C(C)=C/C=N/NC(N)=S. The Morgan fingerprint density at radius 1 is 1.40 bits per heavy atom. The summed E-state index contributed by atoms with van der Waals surface area (Å²) < 4.78 is 0. The lowest BCUT2D eigenvalue weighted by Gasteiger charge is -1.96. The van der Waals surface area contributed by atoms with Gasteiger partial charge in [0.2, 0.25) is 0 Å². The second-order valence-electron chi connectivity index (χ2n) is 3.59. The maximum absolute atomic E-state index is 5.20. The van der Waals surface area contributed by atoms with Crippen LogP contribution in [0.25, 0.3) is 0 Å². The zero-order chi connectivity index (χ0) is 11.7. The molecule has 15 heavy (non-hydrogen) atoms. The number of nitrogens with one attached hydrogen (secondary N) is 1. The standard InChI is InChI=1S/C11H19N3S/c1-9(2)5-4-6-10(3)7-8-13-14-11(12)15/h5,7-8H,4,6H2,1-3H3,(H3,12,14,15)/b10-7+,13-8+. The molecule has 0 aliphatic rings. The van der Waals surface area contributed by atoms with Crippen molar-refractivity contribution in [1.29, 1.82) is 0 Å². The minimum Gasteiger partial charge on any atom is -0.375 e. The average molecular weight is 225 g/mol. The number of hydrazone groups is 1. The van der Waals surface area contributed by atoms with E-state index in [1.165, 1.54) is 11.1 Å². The molecule has 0 bridgehead atoms. The predicted octanol–water partition coefficient (Wildman–Crippen LogP) is 2.50. The summed E-state index contributed by atoms with van der Waals surface area (Å²) in [6, 6.07) is 0. The van der Waals surface area contributed by atoms with Gasteiger partial charge in [0.25, 0.3) is 0 Å². The fourth-order valence-electron chi connectivity index (χ4n) is 0.937. The van der Waals surface area contributed by atoms with Gasteiger partial charge in [-0.2, -0.15) is 5.10 Å². The molecule has 0 heterocycles. The van der Waals surface area contributed by atoms with E-state index < -0.39 is 0 Å². The maximum atomic E-state index is 5.20. The van der Waals surface area contributed by atoms with Crippen LogP contribution in [0.3, 0.4) is 0 Å². The van der Waals surface area contributed by atoms with Crippen molar-refractivity contribution in [2.75, 3.05) is 0 Å². The van der Waals surface area contributed by atoms with E-state index in [-0.39, 0.29) is 5.11 Å². The molecule has 0 fully saturated rings. The highest BCUT2D eigenvalue weighted by atomic mass is 32.1. The molecular formula is C11H19N3S. The van der Waals surface area contributed by atoms with Gasteiger partial charge in [0.15, 0.2) is 5.11 Å². The van der Waals surface area contributed by atoms with Crippen molar-refractivity contribution in [3.8, 4) is 0 Å². The highest BCUT2D eigenvalue weighted by Crippen LogP contribution is 2.05. The Morgan fingerprint density at radius 3 is 2.60 bits per heavy atom. The maximum Gasteiger partial charge on any atom is 0.184 e. The first-order chi connectivity index (χ1) is 7.02. The molecule has 0 aromatic rings. The molecule has 3 N–H and O–H groups in total. The van der Waals surface area contributed by atoms with Gasteiger partial charge >= 0.3 is 0 Å². The van der Waals surface area contributed by atoms with E-state index in [0.717, 1.165) is 12.8 Å². The van der Waals surface area contributed by atoms with Crippen molar-refractivity contribution in [2.45, 2.75) is 33.6 Å². The third-order valence-corrected chi connectivity index (χ3v) is 1.79. The van der Waals surface area contributed by atoms with Gasteiger partial charge in [0, 0.05) is 6.21 Å². The predicted molar refractivity (Wildman–Crippen MR) is 70.8 cm³/mol. The number of thiocarbonyl (C=S) groups is 1. The molecule has 0 aromatic heterocycles. The van der Waals surface area contributed by atoms with Crippen LogP contribution in [0.4, 0.5) is 0 Å². The molecule has 3 nitrogen and oxygen atoms in total. The van der Waals surface area contributed by atoms with Crippen LogP contribution in [0.2, 0.25) is 0 Å². The summed E-state index contributed by atoms with van der Waals surface area (Å²) in [7, 11) is 0. The van der Waals surface area contributed by atoms with E-state index in [1.54, 1.807) is 6.21 Å². The molecule has 0 rings (SSSR count). The van der Waals surface area contributed by atoms with Crippen molar-refractivity contribution in [1.82, 2.24) is 5.43 Å². The third-order valence-electron chi connectivity index (χ3n) is 1.70. The molecular weight excluding hydrogens is 206 g/mol. The largest absolute Gasteiger partial charge is 0.375 e. The monoisotopic (exact) mass is 225 g/mol. The number of nitrogens with two attached hydrogens (primary N) is 1. The van der Waals surface area contributed by atoms with Crippen LogP contribution in [0.1, 0.15) is 33.6 Å². The van der Waals surface area contributed by atoms with Gasteiger partial charge in [-0.25, -0.2) is 0 Å². The first kappa shape index (κ1) is 13.8. The van der Waals surface area contributed by atoms with E-state index >= 15 is 0 Å². The Morgan fingerprint density at radius 2 is 2.07 bits per heavy atom. The fourth-order valence-corrected chi connectivity index (χ4v) is 0.990. The minimum absolute atomic E-state index is 0.182. The van der Waals surface area contributed by atoms with Crippen LogP contribution >= 0.6 is 12.2 Å². The van der Waals surface area contributed by atoms with Gasteiger partial charge in [-0.05, 0) is 51.9 Å². The van der Waals surface area contributed by atoms with E-state index in [1.807, 2.05) is 6.08 Å². The molecule has 0 unspecified atom stereocenters. The van der Waals surface area contributed by atoms with Crippen LogP contribution in [0.5, 0.6) is 0 Å². The lowest BCUT2D eigenvalue weighted by atomic mass is 10.1.